The van der Waals surface area contributed by atoms with E-state index < -0.39 is 5.97 Å². The van der Waals surface area contributed by atoms with Crippen molar-refractivity contribution in [1.29, 1.82) is 0 Å². The number of carbonyl (C=O) groups is 3. The molecule has 2 aromatic rings. The lowest BCUT2D eigenvalue weighted by molar-refractivity contribution is -0.142. The van der Waals surface area contributed by atoms with E-state index in [1.54, 1.807) is 48.5 Å². The van der Waals surface area contributed by atoms with E-state index in [2.05, 4.69) is 5.32 Å². The average molecular weight is 386 g/mol. The van der Waals surface area contributed by atoms with Crippen molar-refractivity contribution in [1.82, 2.24) is 5.32 Å². The van der Waals surface area contributed by atoms with Gasteiger partial charge in [-0.3, -0.25) is 14.4 Å². The number of halogens is 1. The molecule has 0 bridgehead atoms. The van der Waals surface area contributed by atoms with Gasteiger partial charge < -0.3 is 10.4 Å². The van der Waals surface area contributed by atoms with Crippen LogP contribution in [0.1, 0.15) is 52.0 Å². The lowest BCUT2D eigenvalue weighted by Gasteiger charge is -2.27. The van der Waals surface area contributed by atoms with Crippen molar-refractivity contribution in [3.8, 4) is 0 Å². The summed E-state index contributed by atoms with van der Waals surface area (Å²) < 4.78 is 0. The number of amides is 1. The second kappa shape index (κ2) is 8.35. The number of carboxylic acid groups (broad SMARTS) is 1. The van der Waals surface area contributed by atoms with Crippen molar-refractivity contribution in [3.05, 3.63) is 70.2 Å². The van der Waals surface area contributed by atoms with Crippen molar-refractivity contribution < 1.29 is 19.5 Å². The summed E-state index contributed by atoms with van der Waals surface area (Å²) in [6, 6.07) is 13.2. The van der Waals surface area contributed by atoms with Crippen molar-refractivity contribution in [2.45, 2.75) is 31.7 Å². The van der Waals surface area contributed by atoms with Gasteiger partial charge in [0.15, 0.2) is 5.78 Å². The number of rotatable bonds is 5. The van der Waals surface area contributed by atoms with Crippen LogP contribution in [0.5, 0.6) is 0 Å². The van der Waals surface area contributed by atoms with E-state index >= 15 is 0 Å². The fraction of sp³-hybridized carbons (Fsp3) is 0.286. The molecule has 1 fully saturated rings. The monoisotopic (exact) mass is 385 g/mol. The first-order chi connectivity index (χ1) is 13.0. The Morgan fingerprint density at radius 3 is 2.07 bits per heavy atom. The molecule has 140 valence electrons. The topological polar surface area (TPSA) is 83.5 Å². The standard InChI is InChI=1S/C21H20ClNO4/c22-15-9-5-13(6-10-15)19(24)17-3-1-2-4-18(17)20(25)23-16-11-7-14(8-12-16)21(26)27/h1-6,9-10,14,16H,7-8,11-12H2,(H,23,25)(H,26,27). The van der Waals surface area contributed by atoms with Crippen molar-refractivity contribution in [3.63, 3.8) is 0 Å². The van der Waals surface area contributed by atoms with Crippen LogP contribution in [0.4, 0.5) is 0 Å². The van der Waals surface area contributed by atoms with Crippen LogP contribution in [0.3, 0.4) is 0 Å². The number of hydrogen-bond donors (Lipinski definition) is 2. The highest BCUT2D eigenvalue weighted by molar-refractivity contribution is 6.30. The van der Waals surface area contributed by atoms with Gasteiger partial charge in [-0.15, -0.1) is 0 Å². The molecule has 1 aliphatic carbocycles. The Labute approximate surface area is 162 Å². The molecule has 27 heavy (non-hydrogen) atoms. The van der Waals surface area contributed by atoms with Gasteiger partial charge in [0.25, 0.3) is 5.91 Å². The van der Waals surface area contributed by atoms with Crippen LogP contribution in [-0.2, 0) is 4.79 Å². The van der Waals surface area contributed by atoms with Crippen LogP contribution in [-0.4, -0.2) is 28.8 Å². The van der Waals surface area contributed by atoms with Crippen molar-refractivity contribution >= 4 is 29.3 Å². The number of nitrogens with one attached hydrogen (secondary N) is 1. The maximum Gasteiger partial charge on any atom is 0.306 e. The number of hydrogen-bond acceptors (Lipinski definition) is 3. The summed E-state index contributed by atoms with van der Waals surface area (Å²) in [5, 5.41) is 12.6. The molecular formula is C21H20ClNO4. The van der Waals surface area contributed by atoms with Gasteiger partial charge in [-0.25, -0.2) is 0 Å². The summed E-state index contributed by atoms with van der Waals surface area (Å²) in [6.45, 7) is 0. The Balaban J connectivity index is 1.73. The second-order valence-electron chi connectivity index (χ2n) is 6.74. The molecule has 0 spiro atoms. The van der Waals surface area contributed by atoms with Gasteiger partial charge in [-0.1, -0.05) is 29.8 Å². The summed E-state index contributed by atoms with van der Waals surface area (Å²) >= 11 is 5.87. The van der Waals surface area contributed by atoms with Crippen molar-refractivity contribution in [2.24, 2.45) is 5.92 Å². The fourth-order valence-electron chi connectivity index (χ4n) is 3.38. The molecule has 2 N–H and O–H groups in total. The summed E-state index contributed by atoms with van der Waals surface area (Å²) in [6.07, 6.45) is 2.34. The predicted molar refractivity (Wildman–Crippen MR) is 102 cm³/mol. The molecule has 5 nitrogen and oxygen atoms in total. The first kappa shape index (κ1) is 19.1. The molecule has 0 unspecified atom stereocenters. The van der Waals surface area contributed by atoms with Crippen LogP contribution >= 0.6 is 11.6 Å². The Hall–Kier alpha value is -2.66. The van der Waals surface area contributed by atoms with E-state index in [1.165, 1.54) is 0 Å². The Bertz CT molecular complexity index is 855. The molecule has 6 heteroatoms. The number of benzene rings is 2. The molecule has 0 aliphatic heterocycles. The number of carbonyl (C=O) groups excluding carboxylic acids is 2. The molecule has 1 amide bonds. The number of ketones is 1. The maximum atomic E-state index is 12.8. The molecular weight excluding hydrogens is 366 g/mol. The summed E-state index contributed by atoms with van der Waals surface area (Å²) in [7, 11) is 0. The summed E-state index contributed by atoms with van der Waals surface area (Å²) in [4.78, 5) is 36.6. The van der Waals surface area contributed by atoms with E-state index in [-0.39, 0.29) is 23.7 Å². The second-order valence-corrected chi connectivity index (χ2v) is 7.18. The molecule has 0 saturated heterocycles. The number of aliphatic carboxylic acids is 1. The number of carboxylic acids is 1. The van der Waals surface area contributed by atoms with Gasteiger partial charge in [0.05, 0.1) is 11.5 Å². The highest BCUT2D eigenvalue weighted by Crippen LogP contribution is 2.25. The highest BCUT2D eigenvalue weighted by atomic mass is 35.5. The first-order valence-electron chi connectivity index (χ1n) is 8.88. The minimum Gasteiger partial charge on any atom is -0.481 e. The van der Waals surface area contributed by atoms with Crippen LogP contribution < -0.4 is 5.32 Å². The van der Waals surface area contributed by atoms with E-state index in [1.807, 2.05) is 0 Å². The lowest BCUT2D eigenvalue weighted by atomic mass is 9.86. The smallest absolute Gasteiger partial charge is 0.306 e. The van der Waals surface area contributed by atoms with Crippen LogP contribution in [0.25, 0.3) is 0 Å². The van der Waals surface area contributed by atoms with Gasteiger partial charge >= 0.3 is 5.97 Å². The maximum absolute atomic E-state index is 12.8. The third kappa shape index (κ3) is 4.55. The zero-order valence-electron chi connectivity index (χ0n) is 14.7. The van der Waals surface area contributed by atoms with Gasteiger partial charge in [-0.2, -0.15) is 0 Å². The molecule has 0 atom stereocenters. The highest BCUT2D eigenvalue weighted by Gasteiger charge is 2.27. The molecule has 0 radical (unpaired) electrons. The normalized spacial score (nSPS) is 19.3. The third-order valence-corrected chi connectivity index (χ3v) is 5.19. The van der Waals surface area contributed by atoms with Gasteiger partial charge in [-0.05, 0) is 56.0 Å². The quantitative estimate of drug-likeness (QED) is 0.763. The van der Waals surface area contributed by atoms with E-state index in [9.17, 15) is 14.4 Å². The zero-order valence-corrected chi connectivity index (χ0v) is 15.4. The SMILES string of the molecule is O=C(NC1CCC(C(=O)O)CC1)c1ccccc1C(=O)c1ccc(Cl)cc1. The van der Waals surface area contributed by atoms with E-state index in [0.29, 0.717) is 47.4 Å². The molecule has 0 aromatic heterocycles. The van der Waals surface area contributed by atoms with Crippen LogP contribution in [0, 0.1) is 5.92 Å². The van der Waals surface area contributed by atoms with Gasteiger partial charge in [0, 0.05) is 22.2 Å². The first-order valence-corrected chi connectivity index (χ1v) is 9.26. The fourth-order valence-corrected chi connectivity index (χ4v) is 3.51. The van der Waals surface area contributed by atoms with Crippen LogP contribution in [0.2, 0.25) is 5.02 Å². The minimum atomic E-state index is -0.779. The zero-order chi connectivity index (χ0) is 19.4. The molecule has 1 saturated carbocycles. The van der Waals surface area contributed by atoms with Crippen molar-refractivity contribution in [2.75, 3.05) is 0 Å². The summed E-state index contributed by atoms with van der Waals surface area (Å²) in [5.74, 6) is -1.67. The Morgan fingerprint density at radius 1 is 0.889 bits per heavy atom. The van der Waals surface area contributed by atoms with E-state index in [0.717, 1.165) is 0 Å². The largest absolute Gasteiger partial charge is 0.481 e. The molecule has 2 aromatic carbocycles. The third-order valence-electron chi connectivity index (χ3n) is 4.93. The predicted octanol–water partition coefficient (Wildman–Crippen LogP) is 3.94. The average Bonchev–Trinajstić information content (AvgIpc) is 2.68. The van der Waals surface area contributed by atoms with Gasteiger partial charge in [0.1, 0.15) is 0 Å². The lowest BCUT2D eigenvalue weighted by Crippen LogP contribution is -2.39. The van der Waals surface area contributed by atoms with E-state index in [4.69, 9.17) is 16.7 Å². The van der Waals surface area contributed by atoms with Crippen LogP contribution in [0.15, 0.2) is 48.5 Å². The van der Waals surface area contributed by atoms with Gasteiger partial charge in [0.2, 0.25) is 0 Å². The Morgan fingerprint density at radius 2 is 1.48 bits per heavy atom. The Kier molecular flexibility index (Phi) is 5.91. The molecule has 3 rings (SSSR count). The summed E-state index contributed by atoms with van der Waals surface area (Å²) in [5.41, 5.74) is 1.11. The molecule has 0 heterocycles. The molecule has 1 aliphatic rings. The minimum absolute atomic E-state index is 0.0770.